The van der Waals surface area contributed by atoms with E-state index in [1.165, 1.54) is 0 Å². The van der Waals surface area contributed by atoms with Crippen LogP contribution >= 0.6 is 24.0 Å². The van der Waals surface area contributed by atoms with Gasteiger partial charge in [-0.15, -0.1) is 24.0 Å². The van der Waals surface area contributed by atoms with E-state index in [2.05, 4.69) is 25.5 Å². The van der Waals surface area contributed by atoms with Crippen molar-refractivity contribution in [1.82, 2.24) is 20.5 Å². The number of carbonyl (C=O) groups excluding carboxylic acids is 1. The van der Waals surface area contributed by atoms with Crippen LogP contribution in [-0.2, 0) is 11.3 Å². The van der Waals surface area contributed by atoms with Crippen molar-refractivity contribution in [3.05, 3.63) is 42.4 Å². The minimum absolute atomic E-state index is 0. The lowest BCUT2D eigenvalue weighted by Crippen LogP contribution is -2.44. The van der Waals surface area contributed by atoms with Crippen molar-refractivity contribution in [3.8, 4) is 11.3 Å². The highest BCUT2D eigenvalue weighted by molar-refractivity contribution is 14.0. The average molecular weight is 541 g/mol. The number of halogens is 1. The summed E-state index contributed by atoms with van der Waals surface area (Å²) < 4.78 is 11.2. The molecule has 3 rings (SSSR count). The second-order valence-electron chi connectivity index (χ2n) is 8.23. The number of likely N-dealkylation sites (tertiary alicyclic amines) is 1. The molecule has 2 heterocycles. The molecule has 9 heteroatoms. The van der Waals surface area contributed by atoms with Crippen molar-refractivity contribution in [3.63, 3.8) is 0 Å². The maximum Gasteiger partial charge on any atom is 0.407 e. The largest absolute Gasteiger partial charge is 0.444 e. The summed E-state index contributed by atoms with van der Waals surface area (Å²) in [4.78, 5) is 23.2. The zero-order chi connectivity index (χ0) is 21.6. The quantitative estimate of drug-likeness (QED) is 0.338. The summed E-state index contributed by atoms with van der Waals surface area (Å²) in [7, 11) is 0. The van der Waals surface area contributed by atoms with Gasteiger partial charge in [0.05, 0.1) is 12.2 Å². The predicted octanol–water partition coefficient (Wildman–Crippen LogP) is 4.02. The Morgan fingerprint density at radius 1 is 1.32 bits per heavy atom. The number of carbonyl (C=O) groups is 1. The van der Waals surface area contributed by atoms with Crippen molar-refractivity contribution < 1.29 is 13.9 Å². The minimum Gasteiger partial charge on any atom is -0.444 e. The zero-order valence-electron chi connectivity index (χ0n) is 18.6. The molecular weight excluding hydrogens is 509 g/mol. The Bertz CT molecular complexity index is 864. The number of guanidine groups is 1. The smallest absolute Gasteiger partial charge is 0.407 e. The number of nitrogens with zero attached hydrogens (tertiary/aromatic N) is 3. The molecule has 170 valence electrons. The molecule has 1 amide bonds. The van der Waals surface area contributed by atoms with Gasteiger partial charge in [-0.05, 0) is 34.1 Å². The van der Waals surface area contributed by atoms with E-state index >= 15 is 0 Å². The molecule has 0 unspecified atom stereocenters. The monoisotopic (exact) mass is 541 g/mol. The number of amides is 1. The second kappa shape index (κ2) is 11.4. The summed E-state index contributed by atoms with van der Waals surface area (Å²) in [5, 5.41) is 6.25. The summed E-state index contributed by atoms with van der Waals surface area (Å²) >= 11 is 0. The third-order valence-electron chi connectivity index (χ3n) is 4.52. The SMILES string of the molecule is CCNC(=NCc1ncc(-c2ccccc2)o1)N1CC[C@@H](NC(=O)OC(C)(C)C)C1.I. The van der Waals surface area contributed by atoms with Gasteiger partial charge in [0.25, 0.3) is 0 Å². The number of benzene rings is 1. The number of hydrogen-bond donors (Lipinski definition) is 2. The third-order valence-corrected chi connectivity index (χ3v) is 4.52. The Hall–Kier alpha value is -2.30. The summed E-state index contributed by atoms with van der Waals surface area (Å²) in [6.07, 6.45) is 2.18. The summed E-state index contributed by atoms with van der Waals surface area (Å²) in [6.45, 7) is 10.2. The van der Waals surface area contributed by atoms with Crippen LogP contribution in [0.4, 0.5) is 4.79 Å². The first-order valence-electron chi connectivity index (χ1n) is 10.4. The summed E-state index contributed by atoms with van der Waals surface area (Å²) in [5.74, 6) is 2.07. The molecule has 31 heavy (non-hydrogen) atoms. The van der Waals surface area contributed by atoms with Gasteiger partial charge in [0.15, 0.2) is 11.7 Å². The molecule has 1 fully saturated rings. The number of aromatic nitrogens is 1. The van der Waals surface area contributed by atoms with E-state index in [-0.39, 0.29) is 36.1 Å². The topological polar surface area (TPSA) is 92.0 Å². The van der Waals surface area contributed by atoms with Gasteiger partial charge < -0.3 is 24.7 Å². The van der Waals surface area contributed by atoms with Crippen LogP contribution in [-0.4, -0.2) is 53.2 Å². The van der Waals surface area contributed by atoms with Gasteiger partial charge in [0.2, 0.25) is 5.89 Å². The fraction of sp³-hybridized carbons (Fsp3) is 0.500. The van der Waals surface area contributed by atoms with Crippen molar-refractivity contribution in [2.24, 2.45) is 4.99 Å². The molecule has 1 atom stereocenters. The molecule has 0 aliphatic carbocycles. The maximum atomic E-state index is 12.0. The molecular formula is C22H32IN5O3. The standard InChI is InChI=1S/C22H31N5O3.HI/c1-5-23-20(27-12-11-17(15-27)26-21(28)30-22(2,3)4)25-14-19-24-13-18(29-19)16-9-7-6-8-10-16;/h6-10,13,17H,5,11-12,14-15H2,1-4H3,(H,23,25)(H,26,28);1H/t17-;/m1./s1. The molecule has 0 spiro atoms. The zero-order valence-corrected chi connectivity index (χ0v) is 20.9. The van der Waals surface area contributed by atoms with Gasteiger partial charge in [0.1, 0.15) is 12.1 Å². The molecule has 2 N–H and O–H groups in total. The van der Waals surface area contributed by atoms with E-state index in [1.54, 1.807) is 6.20 Å². The maximum absolute atomic E-state index is 12.0. The summed E-state index contributed by atoms with van der Waals surface area (Å²) in [6, 6.07) is 9.89. The highest BCUT2D eigenvalue weighted by Crippen LogP contribution is 2.20. The van der Waals surface area contributed by atoms with Crippen LogP contribution in [0, 0.1) is 0 Å². The van der Waals surface area contributed by atoms with Gasteiger partial charge in [0, 0.05) is 25.2 Å². The Morgan fingerprint density at radius 2 is 2.06 bits per heavy atom. The number of aliphatic imine (C=N–C) groups is 1. The van der Waals surface area contributed by atoms with Gasteiger partial charge in [-0.3, -0.25) is 0 Å². The first kappa shape index (κ1) is 25.0. The Balaban J connectivity index is 0.00000341. The second-order valence-corrected chi connectivity index (χ2v) is 8.23. The van der Waals surface area contributed by atoms with E-state index in [9.17, 15) is 4.79 Å². The first-order valence-corrected chi connectivity index (χ1v) is 10.4. The fourth-order valence-electron chi connectivity index (χ4n) is 3.23. The molecule has 8 nitrogen and oxygen atoms in total. The van der Waals surface area contributed by atoms with Crippen LogP contribution in [0.2, 0.25) is 0 Å². The Labute approximate surface area is 200 Å². The van der Waals surface area contributed by atoms with E-state index < -0.39 is 5.60 Å². The number of ether oxygens (including phenoxy) is 1. The molecule has 0 radical (unpaired) electrons. The van der Waals surface area contributed by atoms with Crippen LogP contribution in [0.3, 0.4) is 0 Å². The normalized spacial score (nSPS) is 16.6. The fourth-order valence-corrected chi connectivity index (χ4v) is 3.23. The van der Waals surface area contributed by atoms with E-state index in [0.717, 1.165) is 36.8 Å². The van der Waals surface area contributed by atoms with Crippen molar-refractivity contribution in [2.45, 2.75) is 52.3 Å². The molecule has 1 aliphatic heterocycles. The van der Waals surface area contributed by atoms with Crippen molar-refractivity contribution in [2.75, 3.05) is 19.6 Å². The highest BCUT2D eigenvalue weighted by Gasteiger charge is 2.28. The number of rotatable bonds is 5. The van der Waals surface area contributed by atoms with Gasteiger partial charge in [-0.25, -0.2) is 14.8 Å². The molecule has 0 saturated carbocycles. The first-order chi connectivity index (χ1) is 14.3. The predicted molar refractivity (Wildman–Crippen MR) is 132 cm³/mol. The van der Waals surface area contributed by atoms with Crippen LogP contribution in [0.25, 0.3) is 11.3 Å². The van der Waals surface area contributed by atoms with Crippen molar-refractivity contribution >= 4 is 36.0 Å². The van der Waals surface area contributed by atoms with Crippen LogP contribution in [0.5, 0.6) is 0 Å². The van der Waals surface area contributed by atoms with E-state index in [4.69, 9.17) is 9.15 Å². The lowest BCUT2D eigenvalue weighted by atomic mass is 10.2. The highest BCUT2D eigenvalue weighted by atomic mass is 127. The molecule has 1 aromatic heterocycles. The van der Waals surface area contributed by atoms with Crippen LogP contribution in [0.1, 0.15) is 40.0 Å². The molecule has 1 aromatic carbocycles. The van der Waals surface area contributed by atoms with E-state index in [0.29, 0.717) is 19.0 Å². The Morgan fingerprint density at radius 3 is 2.74 bits per heavy atom. The van der Waals surface area contributed by atoms with E-state index in [1.807, 2.05) is 58.0 Å². The van der Waals surface area contributed by atoms with Gasteiger partial charge >= 0.3 is 6.09 Å². The molecule has 0 bridgehead atoms. The Kier molecular flexibility index (Phi) is 9.15. The minimum atomic E-state index is -0.507. The average Bonchev–Trinajstić information content (AvgIpc) is 3.34. The van der Waals surface area contributed by atoms with Gasteiger partial charge in [-0.2, -0.15) is 0 Å². The molecule has 1 aliphatic rings. The summed E-state index contributed by atoms with van der Waals surface area (Å²) in [5.41, 5.74) is 0.482. The van der Waals surface area contributed by atoms with Crippen molar-refractivity contribution in [1.29, 1.82) is 0 Å². The number of alkyl carbamates (subject to hydrolysis) is 1. The number of hydrogen-bond acceptors (Lipinski definition) is 5. The lowest BCUT2D eigenvalue weighted by molar-refractivity contribution is 0.0507. The van der Waals surface area contributed by atoms with Gasteiger partial charge in [-0.1, -0.05) is 30.3 Å². The lowest BCUT2D eigenvalue weighted by Gasteiger charge is -2.23. The number of oxazole rings is 1. The van der Waals surface area contributed by atoms with Crippen LogP contribution < -0.4 is 10.6 Å². The molecule has 1 saturated heterocycles. The molecule has 2 aromatic rings. The van der Waals surface area contributed by atoms with Crippen LogP contribution in [0.15, 0.2) is 45.9 Å². The third kappa shape index (κ3) is 7.71. The number of nitrogens with one attached hydrogen (secondary N) is 2.